The molecule has 0 amide bonds. The predicted molar refractivity (Wildman–Crippen MR) is 86.2 cm³/mol. The van der Waals surface area contributed by atoms with E-state index in [0.29, 0.717) is 0 Å². The number of nitrogens with zero attached hydrogens (tertiary/aromatic N) is 2. The molecule has 0 radical (unpaired) electrons. The lowest BCUT2D eigenvalue weighted by Crippen LogP contribution is -2.39. The lowest BCUT2D eigenvalue weighted by molar-refractivity contribution is 0.385. The van der Waals surface area contributed by atoms with Gasteiger partial charge in [0, 0.05) is 24.2 Å². The van der Waals surface area contributed by atoms with E-state index in [4.69, 9.17) is 5.73 Å². The minimum absolute atomic E-state index is 0.257. The number of hydrogen-bond acceptors (Lipinski definition) is 2. The Labute approximate surface area is 127 Å². The van der Waals surface area contributed by atoms with Crippen LogP contribution in [0.3, 0.4) is 0 Å². The van der Waals surface area contributed by atoms with E-state index in [1.54, 1.807) is 0 Å². The minimum atomic E-state index is -0.257. The Morgan fingerprint density at radius 1 is 1.29 bits per heavy atom. The number of rotatable bonds is 3. The Kier molecular flexibility index (Phi) is 3.85. The predicted octanol–water partition coefficient (Wildman–Crippen LogP) is 3.33. The highest BCUT2D eigenvalue weighted by atomic mass is 15.3. The standard InChI is InChI=1S/C18H25N3/c1-3-21-16(12-14(2)20-21)13-18(19)11-7-6-9-15-8-4-5-10-17(15)18/h4-5,8,10,12H,3,6-7,9,11,13,19H2,1-2H3. The molecule has 1 heterocycles. The van der Waals surface area contributed by atoms with Gasteiger partial charge in [-0.05, 0) is 50.3 Å². The van der Waals surface area contributed by atoms with Gasteiger partial charge in [-0.2, -0.15) is 5.10 Å². The Balaban J connectivity index is 1.99. The molecule has 1 unspecified atom stereocenters. The number of aryl methyl sites for hydroxylation is 3. The van der Waals surface area contributed by atoms with Crippen LogP contribution >= 0.6 is 0 Å². The highest BCUT2D eigenvalue weighted by molar-refractivity contribution is 5.36. The average Bonchev–Trinajstić information content (AvgIpc) is 2.74. The van der Waals surface area contributed by atoms with Crippen molar-refractivity contribution < 1.29 is 0 Å². The van der Waals surface area contributed by atoms with Gasteiger partial charge in [0.15, 0.2) is 0 Å². The van der Waals surface area contributed by atoms with Crippen LogP contribution < -0.4 is 5.73 Å². The third kappa shape index (κ3) is 2.75. The maximum absolute atomic E-state index is 6.89. The van der Waals surface area contributed by atoms with Crippen LogP contribution in [0.4, 0.5) is 0 Å². The second kappa shape index (κ2) is 5.64. The number of hydrogen-bond donors (Lipinski definition) is 1. The van der Waals surface area contributed by atoms with Crippen LogP contribution in [0, 0.1) is 6.92 Å². The van der Waals surface area contributed by atoms with Crippen molar-refractivity contribution in [1.82, 2.24) is 9.78 Å². The molecule has 3 heteroatoms. The van der Waals surface area contributed by atoms with Crippen molar-refractivity contribution in [3.63, 3.8) is 0 Å². The molecule has 0 spiro atoms. The van der Waals surface area contributed by atoms with Gasteiger partial charge in [0.1, 0.15) is 0 Å². The highest BCUT2D eigenvalue weighted by Crippen LogP contribution is 2.35. The summed E-state index contributed by atoms with van der Waals surface area (Å²) < 4.78 is 2.09. The van der Waals surface area contributed by atoms with Gasteiger partial charge in [0.2, 0.25) is 0 Å². The second-order valence-corrected chi connectivity index (χ2v) is 6.29. The smallest absolute Gasteiger partial charge is 0.0596 e. The van der Waals surface area contributed by atoms with Crippen LogP contribution in [0.25, 0.3) is 0 Å². The topological polar surface area (TPSA) is 43.8 Å². The molecule has 0 aliphatic heterocycles. The molecule has 1 aromatic heterocycles. The van der Waals surface area contributed by atoms with Crippen molar-refractivity contribution in [2.45, 2.75) is 58.0 Å². The molecule has 2 aromatic rings. The summed E-state index contributed by atoms with van der Waals surface area (Å²) in [5, 5.41) is 4.57. The molecule has 0 bridgehead atoms. The van der Waals surface area contributed by atoms with Crippen LogP contribution in [0.2, 0.25) is 0 Å². The van der Waals surface area contributed by atoms with Gasteiger partial charge in [-0.25, -0.2) is 0 Å². The first-order chi connectivity index (χ1) is 10.1. The molecule has 2 N–H and O–H groups in total. The van der Waals surface area contributed by atoms with E-state index >= 15 is 0 Å². The summed E-state index contributed by atoms with van der Waals surface area (Å²) in [6.45, 7) is 5.10. The first-order valence-electron chi connectivity index (χ1n) is 8.03. The molecule has 112 valence electrons. The lowest BCUT2D eigenvalue weighted by Gasteiger charge is -2.30. The number of aromatic nitrogens is 2. The van der Waals surface area contributed by atoms with Crippen molar-refractivity contribution in [2.75, 3.05) is 0 Å². The summed E-state index contributed by atoms with van der Waals surface area (Å²) in [4.78, 5) is 0. The summed E-state index contributed by atoms with van der Waals surface area (Å²) in [6, 6.07) is 10.9. The molecule has 1 aliphatic carbocycles. The van der Waals surface area contributed by atoms with Crippen molar-refractivity contribution in [3.05, 3.63) is 52.8 Å². The summed E-state index contributed by atoms with van der Waals surface area (Å²) in [5.74, 6) is 0. The zero-order valence-corrected chi connectivity index (χ0v) is 13.1. The normalized spacial score (nSPS) is 21.9. The SMILES string of the molecule is CCn1nc(C)cc1CC1(N)CCCCc2ccccc21. The van der Waals surface area contributed by atoms with E-state index in [9.17, 15) is 0 Å². The molecule has 0 fully saturated rings. The molecule has 1 atom stereocenters. The van der Waals surface area contributed by atoms with Gasteiger partial charge < -0.3 is 5.73 Å². The largest absolute Gasteiger partial charge is 0.321 e. The highest BCUT2D eigenvalue weighted by Gasteiger charge is 2.32. The van der Waals surface area contributed by atoms with E-state index in [1.165, 1.54) is 29.7 Å². The first kappa shape index (κ1) is 14.3. The number of nitrogens with two attached hydrogens (primary N) is 1. The molecular weight excluding hydrogens is 258 g/mol. The molecule has 0 saturated heterocycles. The van der Waals surface area contributed by atoms with Crippen LogP contribution in [-0.2, 0) is 24.9 Å². The molecule has 0 saturated carbocycles. The van der Waals surface area contributed by atoms with Crippen LogP contribution in [0.5, 0.6) is 0 Å². The maximum atomic E-state index is 6.89. The molecule has 3 nitrogen and oxygen atoms in total. The fraction of sp³-hybridized carbons (Fsp3) is 0.500. The third-order valence-corrected chi connectivity index (χ3v) is 4.65. The van der Waals surface area contributed by atoms with Gasteiger partial charge in [-0.3, -0.25) is 4.68 Å². The summed E-state index contributed by atoms with van der Waals surface area (Å²) in [5.41, 5.74) is 11.7. The van der Waals surface area contributed by atoms with E-state index < -0.39 is 0 Å². The second-order valence-electron chi connectivity index (χ2n) is 6.29. The molecular formula is C18H25N3. The van der Waals surface area contributed by atoms with Crippen molar-refractivity contribution in [2.24, 2.45) is 5.73 Å². The fourth-order valence-corrected chi connectivity index (χ4v) is 3.64. The zero-order chi connectivity index (χ0) is 14.9. The molecule has 3 rings (SSSR count). The van der Waals surface area contributed by atoms with Crippen molar-refractivity contribution in [3.8, 4) is 0 Å². The van der Waals surface area contributed by atoms with Crippen LogP contribution in [0.15, 0.2) is 30.3 Å². The Hall–Kier alpha value is -1.61. The number of fused-ring (bicyclic) bond motifs is 1. The first-order valence-corrected chi connectivity index (χ1v) is 8.03. The summed E-state index contributed by atoms with van der Waals surface area (Å²) >= 11 is 0. The van der Waals surface area contributed by atoms with Crippen LogP contribution in [-0.4, -0.2) is 9.78 Å². The minimum Gasteiger partial charge on any atom is -0.321 e. The maximum Gasteiger partial charge on any atom is 0.0596 e. The lowest BCUT2D eigenvalue weighted by atomic mass is 9.81. The Bertz CT molecular complexity index is 629. The van der Waals surface area contributed by atoms with Crippen molar-refractivity contribution >= 4 is 0 Å². The molecule has 21 heavy (non-hydrogen) atoms. The number of benzene rings is 1. The summed E-state index contributed by atoms with van der Waals surface area (Å²) in [6.07, 6.45) is 5.52. The van der Waals surface area contributed by atoms with E-state index in [2.05, 4.69) is 54.0 Å². The monoisotopic (exact) mass is 283 g/mol. The Morgan fingerprint density at radius 3 is 2.90 bits per heavy atom. The molecule has 1 aliphatic rings. The quantitative estimate of drug-likeness (QED) is 0.878. The van der Waals surface area contributed by atoms with E-state index in [1.807, 2.05) is 0 Å². The third-order valence-electron chi connectivity index (χ3n) is 4.65. The van der Waals surface area contributed by atoms with E-state index in [0.717, 1.165) is 31.5 Å². The van der Waals surface area contributed by atoms with E-state index in [-0.39, 0.29) is 5.54 Å². The van der Waals surface area contributed by atoms with Gasteiger partial charge >= 0.3 is 0 Å². The average molecular weight is 283 g/mol. The molecule has 1 aromatic carbocycles. The van der Waals surface area contributed by atoms with Gasteiger partial charge in [-0.15, -0.1) is 0 Å². The summed E-state index contributed by atoms with van der Waals surface area (Å²) in [7, 11) is 0. The van der Waals surface area contributed by atoms with Gasteiger partial charge in [0.05, 0.1) is 5.69 Å². The Morgan fingerprint density at radius 2 is 2.10 bits per heavy atom. The van der Waals surface area contributed by atoms with Gasteiger partial charge in [-0.1, -0.05) is 30.7 Å². The zero-order valence-electron chi connectivity index (χ0n) is 13.1. The van der Waals surface area contributed by atoms with Crippen LogP contribution in [0.1, 0.15) is 48.7 Å². The van der Waals surface area contributed by atoms with Gasteiger partial charge in [0.25, 0.3) is 0 Å². The fourth-order valence-electron chi connectivity index (χ4n) is 3.64. The van der Waals surface area contributed by atoms with Crippen molar-refractivity contribution in [1.29, 1.82) is 0 Å².